The van der Waals surface area contributed by atoms with Gasteiger partial charge in [-0.05, 0) is 44.0 Å². The van der Waals surface area contributed by atoms with Crippen LogP contribution in [0.4, 0.5) is 10.1 Å². The van der Waals surface area contributed by atoms with Gasteiger partial charge in [-0.3, -0.25) is 0 Å². The lowest BCUT2D eigenvalue weighted by Gasteiger charge is -2.27. The van der Waals surface area contributed by atoms with Gasteiger partial charge in [-0.25, -0.2) is 4.39 Å². The number of aliphatic hydroxyl groups is 1. The number of nitrogens with zero attached hydrogens (tertiary/aromatic N) is 1. The summed E-state index contributed by atoms with van der Waals surface area (Å²) >= 11 is 0. The summed E-state index contributed by atoms with van der Waals surface area (Å²) in [7, 11) is 0. The van der Waals surface area contributed by atoms with Crippen LogP contribution in [0.25, 0.3) is 0 Å². The maximum atomic E-state index is 13.8. The Bertz CT molecular complexity index is 596. The Morgan fingerprint density at radius 1 is 1.19 bits per heavy atom. The summed E-state index contributed by atoms with van der Waals surface area (Å²) in [5, 5.41) is 9.94. The monoisotopic (exact) mass is 287 g/mol. The summed E-state index contributed by atoms with van der Waals surface area (Å²) in [5.74, 6) is -0.273. The maximum Gasteiger partial charge on any atom is 0.126 e. The van der Waals surface area contributed by atoms with Gasteiger partial charge in [0.05, 0.1) is 6.10 Å². The fraction of sp³-hybridized carbons (Fsp3) is 0.333. The minimum Gasteiger partial charge on any atom is -0.389 e. The van der Waals surface area contributed by atoms with E-state index in [9.17, 15) is 9.50 Å². The maximum absolute atomic E-state index is 13.8. The molecule has 1 N–H and O–H groups in total. The fourth-order valence-corrected chi connectivity index (χ4v) is 2.46. The van der Waals surface area contributed by atoms with Crippen molar-refractivity contribution in [1.29, 1.82) is 0 Å². The predicted molar refractivity (Wildman–Crippen MR) is 84.9 cm³/mol. The Hall–Kier alpha value is -1.87. The van der Waals surface area contributed by atoms with Gasteiger partial charge in [0.15, 0.2) is 0 Å². The van der Waals surface area contributed by atoms with Crippen molar-refractivity contribution in [2.24, 2.45) is 0 Å². The molecular weight excluding hydrogens is 265 g/mol. The average Bonchev–Trinajstić information content (AvgIpc) is 2.48. The zero-order valence-electron chi connectivity index (χ0n) is 12.8. The first-order valence-corrected chi connectivity index (χ1v) is 7.30. The molecule has 0 amide bonds. The van der Waals surface area contributed by atoms with E-state index in [2.05, 4.69) is 24.0 Å². The lowest BCUT2D eigenvalue weighted by molar-refractivity contribution is 0.199. The quantitative estimate of drug-likeness (QED) is 0.890. The summed E-state index contributed by atoms with van der Waals surface area (Å²) in [5.41, 5.74) is 3.32. The van der Waals surface area contributed by atoms with Gasteiger partial charge in [0.2, 0.25) is 0 Å². The number of aliphatic hydroxyl groups excluding tert-OH is 1. The van der Waals surface area contributed by atoms with Gasteiger partial charge in [0.1, 0.15) is 5.82 Å². The van der Waals surface area contributed by atoms with E-state index in [-0.39, 0.29) is 5.82 Å². The molecule has 3 heteroatoms. The highest BCUT2D eigenvalue weighted by Crippen LogP contribution is 2.30. The minimum absolute atomic E-state index is 0.273. The molecule has 0 fully saturated rings. The first-order valence-electron chi connectivity index (χ1n) is 7.30. The number of benzene rings is 2. The van der Waals surface area contributed by atoms with Crippen LogP contribution in [0.2, 0.25) is 0 Å². The molecule has 0 aliphatic carbocycles. The molecule has 0 saturated carbocycles. The molecule has 1 atom stereocenters. The van der Waals surface area contributed by atoms with Gasteiger partial charge in [-0.2, -0.15) is 0 Å². The van der Waals surface area contributed by atoms with Gasteiger partial charge in [-0.15, -0.1) is 0 Å². The lowest BCUT2D eigenvalue weighted by Crippen LogP contribution is -2.24. The molecule has 2 rings (SSSR count). The van der Waals surface area contributed by atoms with Crippen molar-refractivity contribution >= 4 is 5.69 Å². The summed E-state index contributed by atoms with van der Waals surface area (Å²) in [6.07, 6.45) is -0.695. The van der Waals surface area contributed by atoms with Crippen LogP contribution in [0.1, 0.15) is 36.6 Å². The third-order valence-corrected chi connectivity index (χ3v) is 3.70. The minimum atomic E-state index is -0.695. The van der Waals surface area contributed by atoms with Crippen molar-refractivity contribution in [3.63, 3.8) is 0 Å². The second-order valence-corrected chi connectivity index (χ2v) is 5.34. The van der Waals surface area contributed by atoms with Crippen LogP contribution in [0.3, 0.4) is 0 Å². The van der Waals surface area contributed by atoms with E-state index < -0.39 is 6.10 Å². The highest BCUT2D eigenvalue weighted by Gasteiger charge is 2.16. The summed E-state index contributed by atoms with van der Waals surface area (Å²) in [6.45, 7) is 7.01. The normalized spacial score (nSPS) is 12.2. The Kier molecular flexibility index (Phi) is 4.97. The molecule has 0 aromatic heterocycles. The lowest BCUT2D eigenvalue weighted by atomic mass is 10.0. The smallest absolute Gasteiger partial charge is 0.126 e. The van der Waals surface area contributed by atoms with Crippen LogP contribution in [0.15, 0.2) is 42.5 Å². The van der Waals surface area contributed by atoms with Crippen molar-refractivity contribution in [3.8, 4) is 0 Å². The van der Waals surface area contributed by atoms with Crippen LogP contribution in [-0.4, -0.2) is 11.7 Å². The molecular formula is C18H22FNO. The van der Waals surface area contributed by atoms with E-state index in [1.807, 2.05) is 24.3 Å². The van der Waals surface area contributed by atoms with Gasteiger partial charge in [0.25, 0.3) is 0 Å². The number of halogens is 1. The van der Waals surface area contributed by atoms with E-state index in [0.29, 0.717) is 11.1 Å². The first-order chi connectivity index (χ1) is 10.0. The molecule has 2 aromatic carbocycles. The van der Waals surface area contributed by atoms with Crippen LogP contribution < -0.4 is 4.90 Å². The van der Waals surface area contributed by atoms with E-state index in [1.165, 1.54) is 11.6 Å². The summed E-state index contributed by atoms with van der Waals surface area (Å²) in [6, 6.07) is 13.4. The van der Waals surface area contributed by atoms with Crippen LogP contribution in [-0.2, 0) is 6.54 Å². The molecule has 0 aliphatic heterocycles. The summed E-state index contributed by atoms with van der Waals surface area (Å²) in [4.78, 5) is 2.16. The number of aryl methyl sites for hydroxylation is 1. The van der Waals surface area contributed by atoms with E-state index >= 15 is 0 Å². The topological polar surface area (TPSA) is 23.5 Å². The SMILES string of the molecule is CCN(Cc1ccccc1)c1cc(C)c(F)cc1C(C)O. The van der Waals surface area contributed by atoms with Gasteiger partial charge in [0, 0.05) is 24.3 Å². The van der Waals surface area contributed by atoms with Gasteiger partial charge >= 0.3 is 0 Å². The van der Waals surface area contributed by atoms with Crippen LogP contribution in [0.5, 0.6) is 0 Å². The largest absolute Gasteiger partial charge is 0.389 e. The van der Waals surface area contributed by atoms with E-state index in [4.69, 9.17) is 0 Å². The van der Waals surface area contributed by atoms with E-state index in [0.717, 1.165) is 18.8 Å². The zero-order valence-corrected chi connectivity index (χ0v) is 12.8. The second kappa shape index (κ2) is 6.72. The standard InChI is InChI=1S/C18H22FNO/c1-4-20(12-15-8-6-5-7-9-15)18-10-13(2)17(19)11-16(18)14(3)21/h5-11,14,21H,4,12H2,1-3H3. The molecule has 0 radical (unpaired) electrons. The molecule has 0 saturated heterocycles. The van der Waals surface area contributed by atoms with Crippen LogP contribution >= 0.6 is 0 Å². The van der Waals surface area contributed by atoms with Crippen LogP contribution in [0, 0.1) is 12.7 Å². The second-order valence-electron chi connectivity index (χ2n) is 5.34. The van der Waals surface area contributed by atoms with Crippen molar-refractivity contribution in [1.82, 2.24) is 0 Å². The zero-order chi connectivity index (χ0) is 15.4. The molecule has 0 bridgehead atoms. The molecule has 0 aliphatic rings. The van der Waals surface area contributed by atoms with Crippen molar-refractivity contribution < 1.29 is 9.50 Å². The molecule has 112 valence electrons. The van der Waals surface area contributed by atoms with Crippen molar-refractivity contribution in [2.45, 2.75) is 33.4 Å². The van der Waals surface area contributed by atoms with Gasteiger partial charge < -0.3 is 10.0 Å². The van der Waals surface area contributed by atoms with Crippen molar-refractivity contribution in [2.75, 3.05) is 11.4 Å². The molecule has 2 nitrogen and oxygen atoms in total. The van der Waals surface area contributed by atoms with Gasteiger partial charge in [-0.1, -0.05) is 30.3 Å². The Morgan fingerprint density at radius 3 is 2.43 bits per heavy atom. The predicted octanol–water partition coefficient (Wildman–Crippen LogP) is 4.21. The Labute approximate surface area is 125 Å². The Balaban J connectivity index is 2.39. The third-order valence-electron chi connectivity index (χ3n) is 3.70. The fourth-order valence-electron chi connectivity index (χ4n) is 2.46. The molecule has 21 heavy (non-hydrogen) atoms. The first kappa shape index (κ1) is 15.5. The number of hydrogen-bond donors (Lipinski definition) is 1. The molecule has 2 aromatic rings. The van der Waals surface area contributed by atoms with Crippen molar-refractivity contribution in [3.05, 3.63) is 65.0 Å². The average molecular weight is 287 g/mol. The third kappa shape index (κ3) is 3.61. The molecule has 1 unspecified atom stereocenters. The summed E-state index contributed by atoms with van der Waals surface area (Å²) < 4.78 is 13.8. The highest BCUT2D eigenvalue weighted by molar-refractivity contribution is 5.57. The Morgan fingerprint density at radius 2 is 1.86 bits per heavy atom. The number of anilines is 1. The molecule has 0 spiro atoms. The number of rotatable bonds is 5. The number of hydrogen-bond acceptors (Lipinski definition) is 2. The van der Waals surface area contributed by atoms with E-state index in [1.54, 1.807) is 13.8 Å². The highest BCUT2D eigenvalue weighted by atomic mass is 19.1. The molecule has 0 heterocycles.